The van der Waals surface area contributed by atoms with Crippen molar-refractivity contribution in [2.24, 2.45) is 45.8 Å². The lowest BCUT2D eigenvalue weighted by Gasteiger charge is -2.62. The molecule has 4 aliphatic carbocycles. The molecule has 3 saturated carbocycles. The minimum atomic E-state index is -0.392. The van der Waals surface area contributed by atoms with Gasteiger partial charge in [0.15, 0.2) is 0 Å². The van der Waals surface area contributed by atoms with Crippen LogP contribution in [0.3, 0.4) is 0 Å². The van der Waals surface area contributed by atoms with Gasteiger partial charge in [-0.3, -0.25) is 0 Å². The second-order valence-electron chi connectivity index (χ2n) is 13.0. The van der Waals surface area contributed by atoms with Gasteiger partial charge in [-0.25, -0.2) is 0 Å². The fourth-order valence-electron chi connectivity index (χ4n) is 8.78. The van der Waals surface area contributed by atoms with Gasteiger partial charge in [-0.15, -0.1) is 0 Å². The molecule has 0 amide bonds. The molecule has 2 heteroatoms. The summed E-state index contributed by atoms with van der Waals surface area (Å²) >= 11 is 0. The van der Waals surface area contributed by atoms with Crippen LogP contribution in [0.25, 0.3) is 0 Å². The maximum absolute atomic E-state index is 11.2. The summed E-state index contributed by atoms with van der Waals surface area (Å²) in [6.07, 6.45) is 12.0. The lowest BCUT2D eigenvalue weighted by Crippen LogP contribution is -2.56. The highest BCUT2D eigenvalue weighted by Crippen LogP contribution is 2.72. The molecule has 0 aromatic carbocycles. The molecule has 176 valence electrons. The van der Waals surface area contributed by atoms with E-state index >= 15 is 0 Å². The predicted molar refractivity (Wildman–Crippen MR) is 130 cm³/mol. The molecule has 4 rings (SSSR count). The standard InChI is InChI=1S/C29H48O2/c1-18(2)19(3)8-9-20(4)22-11-14-29(7)24-17-26(31)25-16-21(30)10-13-27(25,5)23(24)12-15-28(22,29)6/h17-18,20-23,25-26,30-31H,3,8-16H2,1-2,4-7H3/t20-,21+,22-,23+,25?,26+,27-,28-,29+/m1/s1. The third-order valence-electron chi connectivity index (χ3n) is 11.4. The van der Waals surface area contributed by atoms with Crippen LogP contribution in [0.5, 0.6) is 0 Å². The van der Waals surface area contributed by atoms with Gasteiger partial charge in [-0.2, -0.15) is 0 Å². The van der Waals surface area contributed by atoms with E-state index in [0.717, 1.165) is 37.5 Å². The van der Waals surface area contributed by atoms with Gasteiger partial charge in [-0.05, 0) is 104 Å². The predicted octanol–water partition coefficient (Wildman–Crippen LogP) is 6.92. The van der Waals surface area contributed by atoms with Crippen LogP contribution in [0.4, 0.5) is 0 Å². The second-order valence-corrected chi connectivity index (χ2v) is 13.0. The van der Waals surface area contributed by atoms with E-state index in [1.807, 2.05) is 0 Å². The quantitative estimate of drug-likeness (QED) is 0.467. The van der Waals surface area contributed by atoms with Gasteiger partial charge in [0.2, 0.25) is 0 Å². The van der Waals surface area contributed by atoms with Gasteiger partial charge >= 0.3 is 0 Å². The molecule has 0 aliphatic heterocycles. The summed E-state index contributed by atoms with van der Waals surface area (Å²) in [5.74, 6) is 2.87. The SMILES string of the molecule is C=C(CC[C@@H](C)[C@H]1CC[C@@]2(C)C3=C[C@H](O)C4C[C@@H](O)CC[C@]4(C)[C@H]3CC[C@]12C)C(C)C. The first-order valence-electron chi connectivity index (χ1n) is 13.2. The summed E-state index contributed by atoms with van der Waals surface area (Å²) in [6, 6.07) is 0. The molecule has 0 aromatic rings. The smallest absolute Gasteiger partial charge is 0.0758 e. The number of aliphatic hydroxyl groups excluding tert-OH is 2. The monoisotopic (exact) mass is 428 g/mol. The van der Waals surface area contributed by atoms with Crippen molar-refractivity contribution in [3.63, 3.8) is 0 Å². The summed E-state index contributed by atoms with van der Waals surface area (Å²) in [5, 5.41) is 21.5. The van der Waals surface area contributed by atoms with Gasteiger partial charge in [-0.1, -0.05) is 65.3 Å². The van der Waals surface area contributed by atoms with Gasteiger partial charge in [0.1, 0.15) is 0 Å². The fourth-order valence-corrected chi connectivity index (χ4v) is 8.78. The van der Waals surface area contributed by atoms with E-state index in [1.54, 1.807) is 5.57 Å². The number of rotatable bonds is 5. The number of hydrogen-bond acceptors (Lipinski definition) is 2. The minimum Gasteiger partial charge on any atom is -0.393 e. The van der Waals surface area contributed by atoms with E-state index in [-0.39, 0.29) is 22.9 Å². The molecule has 0 heterocycles. The van der Waals surface area contributed by atoms with Crippen molar-refractivity contribution in [2.45, 2.75) is 112 Å². The van der Waals surface area contributed by atoms with Crippen LogP contribution in [0.1, 0.15) is 99.3 Å². The molecule has 9 atom stereocenters. The molecule has 4 aliphatic rings. The summed E-state index contributed by atoms with van der Waals surface area (Å²) < 4.78 is 0. The Balaban J connectivity index is 1.60. The van der Waals surface area contributed by atoms with Crippen molar-refractivity contribution in [1.29, 1.82) is 0 Å². The first-order chi connectivity index (χ1) is 14.4. The average molecular weight is 429 g/mol. The Hall–Kier alpha value is -0.600. The third-order valence-corrected chi connectivity index (χ3v) is 11.4. The van der Waals surface area contributed by atoms with E-state index in [0.29, 0.717) is 17.3 Å². The van der Waals surface area contributed by atoms with E-state index in [1.165, 1.54) is 37.7 Å². The molecule has 2 nitrogen and oxygen atoms in total. The zero-order valence-electron chi connectivity index (χ0n) is 21.1. The summed E-state index contributed by atoms with van der Waals surface area (Å²) in [7, 11) is 0. The van der Waals surface area contributed by atoms with E-state index in [4.69, 9.17) is 0 Å². The molecule has 0 saturated heterocycles. The Labute approximate surface area is 191 Å². The highest BCUT2D eigenvalue weighted by Gasteiger charge is 2.64. The molecular weight excluding hydrogens is 380 g/mol. The van der Waals surface area contributed by atoms with Crippen molar-refractivity contribution >= 4 is 0 Å². The van der Waals surface area contributed by atoms with Crippen LogP contribution in [-0.2, 0) is 0 Å². The Morgan fingerprint density at radius 3 is 2.45 bits per heavy atom. The molecular formula is C29H48O2. The first kappa shape index (κ1) is 23.6. The van der Waals surface area contributed by atoms with Gasteiger partial charge in [0.05, 0.1) is 12.2 Å². The molecule has 0 aromatic heterocycles. The zero-order chi connectivity index (χ0) is 22.8. The van der Waals surface area contributed by atoms with Crippen molar-refractivity contribution in [2.75, 3.05) is 0 Å². The van der Waals surface area contributed by atoms with Crippen LogP contribution in [0.15, 0.2) is 23.8 Å². The Morgan fingerprint density at radius 2 is 1.77 bits per heavy atom. The van der Waals surface area contributed by atoms with Gasteiger partial charge in [0.25, 0.3) is 0 Å². The molecule has 31 heavy (non-hydrogen) atoms. The van der Waals surface area contributed by atoms with E-state index in [9.17, 15) is 10.2 Å². The number of aliphatic hydroxyl groups is 2. The van der Waals surface area contributed by atoms with Crippen molar-refractivity contribution in [3.8, 4) is 0 Å². The highest BCUT2D eigenvalue weighted by molar-refractivity contribution is 5.34. The fraction of sp³-hybridized carbons (Fsp3) is 0.862. The second kappa shape index (κ2) is 8.01. The normalized spacial score (nSPS) is 47.9. The van der Waals surface area contributed by atoms with Crippen LogP contribution >= 0.6 is 0 Å². The number of allylic oxidation sites excluding steroid dienone is 2. The maximum Gasteiger partial charge on any atom is 0.0758 e. The Morgan fingerprint density at radius 1 is 1.06 bits per heavy atom. The molecule has 0 bridgehead atoms. The van der Waals surface area contributed by atoms with Crippen LogP contribution < -0.4 is 0 Å². The molecule has 1 unspecified atom stereocenters. The first-order valence-corrected chi connectivity index (χ1v) is 13.2. The molecule has 0 spiro atoms. The van der Waals surface area contributed by atoms with Crippen molar-refractivity contribution in [1.82, 2.24) is 0 Å². The zero-order valence-corrected chi connectivity index (χ0v) is 21.1. The molecule has 0 radical (unpaired) electrons. The lowest BCUT2D eigenvalue weighted by atomic mass is 9.43. The van der Waals surface area contributed by atoms with Crippen LogP contribution in [0.2, 0.25) is 0 Å². The topological polar surface area (TPSA) is 40.5 Å². The Bertz CT molecular complexity index is 737. The summed E-state index contributed by atoms with van der Waals surface area (Å²) in [5.41, 5.74) is 3.66. The summed E-state index contributed by atoms with van der Waals surface area (Å²) in [4.78, 5) is 0. The Kier molecular flexibility index (Phi) is 6.09. The van der Waals surface area contributed by atoms with Crippen molar-refractivity contribution in [3.05, 3.63) is 23.8 Å². The molecule has 3 fully saturated rings. The molecule has 2 N–H and O–H groups in total. The van der Waals surface area contributed by atoms with Crippen molar-refractivity contribution < 1.29 is 10.2 Å². The van der Waals surface area contributed by atoms with Gasteiger partial charge in [0, 0.05) is 0 Å². The van der Waals surface area contributed by atoms with E-state index < -0.39 is 6.10 Å². The largest absolute Gasteiger partial charge is 0.393 e. The lowest BCUT2D eigenvalue weighted by molar-refractivity contribution is -0.0962. The van der Waals surface area contributed by atoms with Gasteiger partial charge < -0.3 is 10.2 Å². The maximum atomic E-state index is 11.2. The van der Waals surface area contributed by atoms with Crippen LogP contribution in [-0.4, -0.2) is 22.4 Å². The summed E-state index contributed by atoms with van der Waals surface area (Å²) in [6.45, 7) is 18.9. The third kappa shape index (κ3) is 3.50. The average Bonchev–Trinajstić information content (AvgIpc) is 2.99. The van der Waals surface area contributed by atoms with E-state index in [2.05, 4.69) is 54.2 Å². The number of fused-ring (bicyclic) bond motifs is 5. The van der Waals surface area contributed by atoms with Crippen LogP contribution in [0, 0.1) is 45.8 Å². The minimum absolute atomic E-state index is 0.145. The number of hydrogen-bond donors (Lipinski definition) is 2. The highest BCUT2D eigenvalue weighted by atomic mass is 16.3.